The Morgan fingerprint density at radius 1 is 1.53 bits per heavy atom. The number of halogens is 3. The van der Waals surface area contributed by atoms with Gasteiger partial charge in [-0.25, -0.2) is 9.78 Å². The minimum atomic E-state index is -5.21. The van der Waals surface area contributed by atoms with E-state index in [1.807, 2.05) is 0 Å². The highest BCUT2D eigenvalue weighted by Gasteiger charge is 2.34. The molecule has 0 amide bonds. The summed E-state index contributed by atoms with van der Waals surface area (Å²) in [5, 5.41) is 18.9. The highest BCUT2D eigenvalue weighted by molar-refractivity contribution is 5.71. The minimum absolute atomic E-state index is 0.299. The summed E-state index contributed by atoms with van der Waals surface area (Å²) >= 11 is 0. The molecule has 0 saturated carbocycles. The number of rotatable bonds is 4. The SMILES string of the molecule is O=C(O)Cc1c(OC(F)(F)F)cc([N+](=O)[O-])[nH]c1=O. The van der Waals surface area contributed by atoms with Gasteiger partial charge in [0.05, 0.1) is 18.1 Å². The van der Waals surface area contributed by atoms with Gasteiger partial charge in [0.1, 0.15) is 5.75 Å². The lowest BCUT2D eigenvalue weighted by Gasteiger charge is -2.11. The van der Waals surface area contributed by atoms with Crippen molar-refractivity contribution in [3.8, 4) is 5.75 Å². The van der Waals surface area contributed by atoms with E-state index in [9.17, 15) is 32.9 Å². The number of carboxylic acids is 1. The molecule has 1 heterocycles. The van der Waals surface area contributed by atoms with Crippen LogP contribution in [0, 0.1) is 10.1 Å². The monoisotopic (exact) mass is 282 g/mol. The Labute approximate surface area is 101 Å². The van der Waals surface area contributed by atoms with Gasteiger partial charge in [-0.05, 0) is 4.92 Å². The molecule has 0 aliphatic rings. The second-order valence-corrected chi connectivity index (χ2v) is 3.20. The normalized spacial score (nSPS) is 11.1. The van der Waals surface area contributed by atoms with Gasteiger partial charge in [0, 0.05) is 0 Å². The van der Waals surface area contributed by atoms with Crippen molar-refractivity contribution in [3.05, 3.63) is 32.1 Å². The van der Waals surface area contributed by atoms with E-state index in [1.165, 1.54) is 0 Å². The molecule has 0 saturated heterocycles. The largest absolute Gasteiger partial charge is 0.573 e. The van der Waals surface area contributed by atoms with Crippen molar-refractivity contribution in [2.45, 2.75) is 12.8 Å². The number of carboxylic acid groups (broad SMARTS) is 1. The fraction of sp³-hybridized carbons (Fsp3) is 0.250. The number of ether oxygens (including phenoxy) is 1. The summed E-state index contributed by atoms with van der Waals surface area (Å²) < 4.78 is 39.6. The van der Waals surface area contributed by atoms with Gasteiger partial charge in [-0.1, -0.05) is 0 Å². The first kappa shape index (κ1) is 14.5. The standard InChI is InChI=1S/C8H5F3N2O6/c9-8(10,11)19-4-2-5(13(17)18)12-7(16)3(4)1-6(14)15/h2H,1H2,(H,12,16)(H,14,15). The van der Waals surface area contributed by atoms with Crippen LogP contribution in [0.1, 0.15) is 5.56 Å². The number of nitrogens with one attached hydrogen (secondary N) is 1. The van der Waals surface area contributed by atoms with E-state index in [-0.39, 0.29) is 0 Å². The lowest BCUT2D eigenvalue weighted by atomic mass is 10.2. The number of hydrogen-bond donors (Lipinski definition) is 2. The molecule has 1 aromatic rings. The van der Waals surface area contributed by atoms with Crippen LogP contribution >= 0.6 is 0 Å². The van der Waals surface area contributed by atoms with Crippen LogP contribution in [0.15, 0.2) is 10.9 Å². The quantitative estimate of drug-likeness (QED) is 0.622. The Hall–Kier alpha value is -2.59. The molecule has 0 atom stereocenters. The third-order valence-corrected chi connectivity index (χ3v) is 1.83. The number of aromatic amines is 1. The smallest absolute Gasteiger partial charge is 0.481 e. The van der Waals surface area contributed by atoms with Crippen LogP contribution in [0.25, 0.3) is 0 Å². The zero-order valence-electron chi connectivity index (χ0n) is 8.85. The van der Waals surface area contributed by atoms with Crippen LogP contribution in [-0.2, 0) is 11.2 Å². The number of hydrogen-bond acceptors (Lipinski definition) is 5. The summed E-state index contributed by atoms with van der Waals surface area (Å²) in [6.45, 7) is 0. The third kappa shape index (κ3) is 3.97. The highest BCUT2D eigenvalue weighted by atomic mass is 19.4. The molecule has 8 nitrogen and oxygen atoms in total. The fourth-order valence-electron chi connectivity index (χ4n) is 1.18. The fourth-order valence-corrected chi connectivity index (χ4v) is 1.18. The molecule has 0 aliphatic carbocycles. The van der Waals surface area contributed by atoms with Crippen LogP contribution in [0.4, 0.5) is 19.0 Å². The van der Waals surface area contributed by atoms with Crippen molar-refractivity contribution in [2.75, 3.05) is 0 Å². The predicted molar refractivity (Wildman–Crippen MR) is 51.7 cm³/mol. The molecular weight excluding hydrogens is 277 g/mol. The molecule has 0 aromatic carbocycles. The zero-order valence-corrected chi connectivity index (χ0v) is 8.85. The number of aliphatic carboxylic acids is 1. The maximum absolute atomic E-state index is 12.1. The summed E-state index contributed by atoms with van der Waals surface area (Å²) in [4.78, 5) is 32.6. The molecule has 0 bridgehead atoms. The Bertz CT molecular complexity index is 579. The first-order valence-electron chi connectivity index (χ1n) is 4.48. The molecule has 0 fully saturated rings. The number of nitro groups is 1. The van der Waals surface area contributed by atoms with Crippen molar-refractivity contribution in [1.29, 1.82) is 0 Å². The van der Waals surface area contributed by atoms with Crippen LogP contribution in [0.3, 0.4) is 0 Å². The van der Waals surface area contributed by atoms with E-state index in [2.05, 4.69) is 4.74 Å². The summed E-state index contributed by atoms with van der Waals surface area (Å²) in [5.41, 5.74) is -2.20. The van der Waals surface area contributed by atoms with E-state index in [4.69, 9.17) is 5.11 Å². The van der Waals surface area contributed by atoms with Gasteiger partial charge in [0.25, 0.3) is 0 Å². The van der Waals surface area contributed by atoms with Gasteiger partial charge in [0.2, 0.25) is 0 Å². The van der Waals surface area contributed by atoms with Crippen LogP contribution < -0.4 is 10.3 Å². The zero-order chi connectivity index (χ0) is 14.8. The number of aromatic nitrogens is 1. The molecule has 11 heteroatoms. The minimum Gasteiger partial charge on any atom is -0.481 e. The van der Waals surface area contributed by atoms with Gasteiger partial charge >= 0.3 is 23.7 Å². The van der Waals surface area contributed by atoms with Gasteiger partial charge in [-0.3, -0.25) is 4.79 Å². The summed E-state index contributed by atoms with van der Waals surface area (Å²) in [6, 6.07) is 0.299. The molecule has 19 heavy (non-hydrogen) atoms. The summed E-state index contributed by atoms with van der Waals surface area (Å²) in [6.07, 6.45) is -6.28. The van der Waals surface area contributed by atoms with Crippen LogP contribution in [0.5, 0.6) is 5.75 Å². The molecule has 0 spiro atoms. The number of H-pyrrole nitrogens is 1. The van der Waals surface area contributed by atoms with E-state index in [0.29, 0.717) is 6.07 Å². The molecular formula is C8H5F3N2O6. The number of carbonyl (C=O) groups is 1. The molecule has 0 unspecified atom stereocenters. The van der Waals surface area contributed by atoms with E-state index in [1.54, 1.807) is 4.98 Å². The average Bonchev–Trinajstić information content (AvgIpc) is 2.19. The molecule has 0 radical (unpaired) electrons. The second-order valence-electron chi connectivity index (χ2n) is 3.20. The maximum Gasteiger partial charge on any atom is 0.573 e. The third-order valence-electron chi connectivity index (χ3n) is 1.83. The first-order valence-corrected chi connectivity index (χ1v) is 4.48. The molecule has 2 N–H and O–H groups in total. The predicted octanol–water partition coefficient (Wildman–Crippen LogP) is 0.809. The van der Waals surface area contributed by atoms with Crippen LogP contribution in [0.2, 0.25) is 0 Å². The summed E-state index contributed by atoms with van der Waals surface area (Å²) in [7, 11) is 0. The second kappa shape index (κ2) is 4.96. The molecule has 104 valence electrons. The van der Waals surface area contributed by atoms with Gasteiger partial charge in [-0.15, -0.1) is 13.2 Å². The van der Waals surface area contributed by atoms with Crippen molar-refractivity contribution in [1.82, 2.24) is 4.98 Å². The average molecular weight is 282 g/mol. The topological polar surface area (TPSA) is 123 Å². The Morgan fingerprint density at radius 3 is 2.53 bits per heavy atom. The Kier molecular flexibility index (Phi) is 3.77. The Balaban J connectivity index is 3.39. The number of pyridine rings is 1. The molecule has 1 rings (SSSR count). The number of nitrogens with zero attached hydrogens (tertiary/aromatic N) is 1. The van der Waals surface area contributed by atoms with E-state index < -0.39 is 46.4 Å². The molecule has 1 aromatic heterocycles. The summed E-state index contributed by atoms with van der Waals surface area (Å²) in [5.74, 6) is -3.85. The Morgan fingerprint density at radius 2 is 2.11 bits per heavy atom. The van der Waals surface area contributed by atoms with Crippen molar-refractivity contribution in [3.63, 3.8) is 0 Å². The van der Waals surface area contributed by atoms with E-state index >= 15 is 0 Å². The van der Waals surface area contributed by atoms with Crippen molar-refractivity contribution < 1.29 is 32.7 Å². The van der Waals surface area contributed by atoms with Crippen LogP contribution in [-0.4, -0.2) is 27.3 Å². The van der Waals surface area contributed by atoms with Gasteiger partial charge in [-0.2, -0.15) is 0 Å². The van der Waals surface area contributed by atoms with E-state index in [0.717, 1.165) is 0 Å². The number of alkyl halides is 3. The lowest BCUT2D eigenvalue weighted by Crippen LogP contribution is -2.24. The van der Waals surface area contributed by atoms with Gasteiger partial charge in [0.15, 0.2) is 0 Å². The highest BCUT2D eigenvalue weighted by Crippen LogP contribution is 2.27. The maximum atomic E-state index is 12.1. The van der Waals surface area contributed by atoms with Crippen molar-refractivity contribution in [2.24, 2.45) is 0 Å². The van der Waals surface area contributed by atoms with Crippen molar-refractivity contribution >= 4 is 11.8 Å². The first-order chi connectivity index (χ1) is 8.60. The lowest BCUT2D eigenvalue weighted by molar-refractivity contribution is -0.389. The van der Waals surface area contributed by atoms with Gasteiger partial charge < -0.3 is 20.0 Å². The molecule has 0 aliphatic heterocycles.